The lowest BCUT2D eigenvalue weighted by Gasteiger charge is -2.21. The molecule has 1 amide bonds. The molecule has 132 valence electrons. The van der Waals surface area contributed by atoms with Crippen LogP contribution >= 0.6 is 22.7 Å². The van der Waals surface area contributed by atoms with Gasteiger partial charge in [0.05, 0.1) is 4.88 Å². The molecule has 3 aromatic rings. The molecule has 7 heteroatoms. The van der Waals surface area contributed by atoms with E-state index in [-0.39, 0.29) is 11.6 Å². The quantitative estimate of drug-likeness (QED) is 0.638. The molecular weight excluding hydrogens is 368 g/mol. The molecule has 0 N–H and O–H groups in total. The summed E-state index contributed by atoms with van der Waals surface area (Å²) in [5, 5.41) is 4.41. The molecule has 1 aromatic carbocycles. The maximum absolute atomic E-state index is 12.7. The minimum absolute atomic E-state index is 0.211. The lowest BCUT2D eigenvalue weighted by Crippen LogP contribution is -2.39. The fraction of sp³-hybridized carbons (Fsp3) is 0.211. The van der Waals surface area contributed by atoms with Gasteiger partial charge in [0.15, 0.2) is 11.8 Å². The summed E-state index contributed by atoms with van der Waals surface area (Å²) in [5.41, 5.74) is 2.27. The Morgan fingerprint density at radius 1 is 1.19 bits per heavy atom. The van der Waals surface area contributed by atoms with Crippen molar-refractivity contribution >= 4 is 40.2 Å². The van der Waals surface area contributed by atoms with E-state index in [2.05, 4.69) is 4.98 Å². The number of carbonyl (C=O) groups is 2. The number of para-hydroxylation sites is 1. The summed E-state index contributed by atoms with van der Waals surface area (Å²) in [5.74, 6) is -0.783. The van der Waals surface area contributed by atoms with Crippen molar-refractivity contribution in [3.8, 4) is 9.88 Å². The molecule has 0 bridgehead atoms. The van der Waals surface area contributed by atoms with Crippen molar-refractivity contribution in [3.63, 3.8) is 0 Å². The van der Waals surface area contributed by atoms with Gasteiger partial charge in [-0.2, -0.15) is 0 Å². The zero-order chi connectivity index (χ0) is 18.1. The first-order valence-electron chi connectivity index (χ1n) is 8.23. The molecule has 1 aliphatic rings. The molecular formula is C19H16N2O3S2. The SMILES string of the molecule is CC(OC(=O)c1csc(-c2cccs2)n1)C(=O)N1CCc2ccccc21. The zero-order valence-corrected chi connectivity index (χ0v) is 15.7. The number of esters is 1. The average molecular weight is 384 g/mol. The molecule has 5 nitrogen and oxygen atoms in total. The molecule has 3 heterocycles. The Balaban J connectivity index is 1.44. The molecule has 0 aliphatic carbocycles. The van der Waals surface area contributed by atoms with E-state index in [0.29, 0.717) is 6.54 Å². The number of hydrogen-bond acceptors (Lipinski definition) is 6. The fourth-order valence-electron chi connectivity index (χ4n) is 2.94. The molecule has 1 unspecified atom stereocenters. The van der Waals surface area contributed by atoms with Gasteiger partial charge in [0.1, 0.15) is 5.01 Å². The Hall–Kier alpha value is -2.51. The highest BCUT2D eigenvalue weighted by molar-refractivity contribution is 7.20. The molecule has 0 fully saturated rings. The van der Waals surface area contributed by atoms with Crippen LogP contribution < -0.4 is 4.90 Å². The third-order valence-corrected chi connectivity index (χ3v) is 6.11. The summed E-state index contributed by atoms with van der Waals surface area (Å²) in [6.45, 7) is 2.22. The van der Waals surface area contributed by atoms with Crippen molar-refractivity contribution in [3.05, 3.63) is 58.4 Å². The van der Waals surface area contributed by atoms with Crippen LogP contribution in [0, 0.1) is 0 Å². The first kappa shape index (κ1) is 16.9. The third kappa shape index (κ3) is 3.15. The molecule has 0 radical (unpaired) electrons. The number of nitrogens with zero attached hydrogens (tertiary/aromatic N) is 2. The van der Waals surface area contributed by atoms with Crippen molar-refractivity contribution < 1.29 is 14.3 Å². The second kappa shape index (κ2) is 7.01. The number of rotatable bonds is 4. The van der Waals surface area contributed by atoms with E-state index in [9.17, 15) is 9.59 Å². The molecule has 1 atom stereocenters. The minimum atomic E-state index is -0.861. The standard InChI is InChI=1S/C19H16N2O3S2/c1-12(18(22)21-9-8-13-5-2-3-6-15(13)21)24-19(23)14-11-26-17(20-14)16-7-4-10-25-16/h2-7,10-12H,8-9H2,1H3. The van der Waals surface area contributed by atoms with Crippen LogP contribution in [0.4, 0.5) is 5.69 Å². The molecule has 26 heavy (non-hydrogen) atoms. The number of fused-ring (bicyclic) bond motifs is 1. The molecule has 0 spiro atoms. The largest absolute Gasteiger partial charge is 0.448 e. The Morgan fingerprint density at radius 2 is 2.04 bits per heavy atom. The maximum Gasteiger partial charge on any atom is 0.358 e. The number of hydrogen-bond donors (Lipinski definition) is 0. The molecule has 4 rings (SSSR count). The first-order valence-corrected chi connectivity index (χ1v) is 9.99. The molecule has 2 aromatic heterocycles. The Morgan fingerprint density at radius 3 is 2.85 bits per heavy atom. The third-order valence-electron chi connectivity index (χ3n) is 4.23. The number of thiophene rings is 1. The van der Waals surface area contributed by atoms with Gasteiger partial charge in [-0.1, -0.05) is 24.3 Å². The molecule has 1 aliphatic heterocycles. The molecule has 0 saturated carbocycles. The Labute approximate surface area is 158 Å². The Bertz CT molecular complexity index is 949. The highest BCUT2D eigenvalue weighted by Crippen LogP contribution is 2.29. The van der Waals surface area contributed by atoms with Crippen LogP contribution in [-0.2, 0) is 16.0 Å². The van der Waals surface area contributed by atoms with Gasteiger partial charge in [-0.15, -0.1) is 22.7 Å². The van der Waals surface area contributed by atoms with E-state index in [0.717, 1.165) is 27.6 Å². The van der Waals surface area contributed by atoms with Crippen LogP contribution in [0.3, 0.4) is 0 Å². The van der Waals surface area contributed by atoms with Crippen molar-refractivity contribution in [1.29, 1.82) is 0 Å². The van der Waals surface area contributed by atoms with E-state index in [1.807, 2.05) is 41.8 Å². The number of carbonyl (C=O) groups excluding carboxylic acids is 2. The highest BCUT2D eigenvalue weighted by atomic mass is 32.1. The van der Waals surface area contributed by atoms with Crippen molar-refractivity contribution in [2.75, 3.05) is 11.4 Å². The second-order valence-corrected chi connectivity index (χ2v) is 7.74. The lowest BCUT2D eigenvalue weighted by molar-refractivity contribution is -0.126. The van der Waals surface area contributed by atoms with Crippen molar-refractivity contribution in [1.82, 2.24) is 4.98 Å². The van der Waals surface area contributed by atoms with E-state index in [1.54, 1.807) is 28.5 Å². The number of anilines is 1. The van der Waals surface area contributed by atoms with Gasteiger partial charge < -0.3 is 9.64 Å². The van der Waals surface area contributed by atoms with Gasteiger partial charge in [-0.3, -0.25) is 4.79 Å². The van der Waals surface area contributed by atoms with Crippen LogP contribution in [0.1, 0.15) is 23.0 Å². The minimum Gasteiger partial charge on any atom is -0.448 e. The van der Waals surface area contributed by atoms with Crippen LogP contribution in [0.25, 0.3) is 9.88 Å². The Kier molecular flexibility index (Phi) is 4.57. The summed E-state index contributed by atoms with van der Waals surface area (Å²) in [7, 11) is 0. The average Bonchev–Trinajstić information content (AvgIpc) is 3.40. The highest BCUT2D eigenvalue weighted by Gasteiger charge is 2.30. The van der Waals surface area contributed by atoms with Crippen molar-refractivity contribution in [2.24, 2.45) is 0 Å². The summed E-state index contributed by atoms with van der Waals surface area (Å²) in [6, 6.07) is 11.7. The topological polar surface area (TPSA) is 59.5 Å². The molecule has 0 saturated heterocycles. The monoisotopic (exact) mass is 384 g/mol. The number of thiazole rings is 1. The van der Waals surface area contributed by atoms with E-state index < -0.39 is 12.1 Å². The van der Waals surface area contributed by atoms with Gasteiger partial charge >= 0.3 is 5.97 Å². The predicted molar refractivity (Wildman–Crippen MR) is 103 cm³/mol. The summed E-state index contributed by atoms with van der Waals surface area (Å²) < 4.78 is 5.37. The van der Waals surface area contributed by atoms with Gasteiger partial charge in [0, 0.05) is 17.6 Å². The smallest absolute Gasteiger partial charge is 0.358 e. The van der Waals surface area contributed by atoms with Gasteiger partial charge in [-0.25, -0.2) is 9.78 Å². The summed E-state index contributed by atoms with van der Waals surface area (Å²) in [6.07, 6.45) is -0.0423. The van der Waals surface area contributed by atoms with Crippen LogP contribution in [0.5, 0.6) is 0 Å². The van der Waals surface area contributed by atoms with E-state index in [1.165, 1.54) is 11.3 Å². The summed E-state index contributed by atoms with van der Waals surface area (Å²) >= 11 is 2.96. The van der Waals surface area contributed by atoms with Crippen LogP contribution in [0.2, 0.25) is 0 Å². The van der Waals surface area contributed by atoms with Gasteiger partial charge in [-0.05, 0) is 36.4 Å². The van der Waals surface area contributed by atoms with E-state index in [4.69, 9.17) is 4.74 Å². The normalized spacial score (nSPS) is 14.1. The predicted octanol–water partition coefficient (Wildman–Crippen LogP) is 4.01. The van der Waals surface area contributed by atoms with Crippen LogP contribution in [0.15, 0.2) is 47.2 Å². The van der Waals surface area contributed by atoms with Gasteiger partial charge in [0.2, 0.25) is 0 Å². The zero-order valence-electron chi connectivity index (χ0n) is 14.0. The lowest BCUT2D eigenvalue weighted by atomic mass is 10.2. The number of benzene rings is 1. The van der Waals surface area contributed by atoms with Crippen LogP contribution in [-0.4, -0.2) is 29.5 Å². The van der Waals surface area contributed by atoms with Crippen molar-refractivity contribution in [2.45, 2.75) is 19.4 Å². The number of aromatic nitrogens is 1. The number of amides is 1. The van der Waals surface area contributed by atoms with E-state index >= 15 is 0 Å². The summed E-state index contributed by atoms with van der Waals surface area (Å²) in [4.78, 5) is 32.1. The second-order valence-electron chi connectivity index (χ2n) is 5.93. The maximum atomic E-state index is 12.7. The number of ether oxygens (including phenoxy) is 1. The van der Waals surface area contributed by atoms with Gasteiger partial charge in [0.25, 0.3) is 5.91 Å². The first-order chi connectivity index (χ1) is 12.6. The fourth-order valence-corrected chi connectivity index (χ4v) is 4.54.